The number of hydrogen-bond acceptors (Lipinski definition) is 3. The van der Waals surface area contributed by atoms with Gasteiger partial charge in [-0.3, -0.25) is 4.79 Å². The third kappa shape index (κ3) is 6.70. The Kier molecular flexibility index (Phi) is 8.40. The molecule has 1 heterocycles. The van der Waals surface area contributed by atoms with Crippen molar-refractivity contribution in [1.82, 2.24) is 10.2 Å². The van der Waals surface area contributed by atoms with Crippen molar-refractivity contribution >= 4 is 12.0 Å². The van der Waals surface area contributed by atoms with Gasteiger partial charge in [-0.2, -0.15) is 0 Å². The third-order valence-electron chi connectivity index (χ3n) is 5.35. The molecule has 0 aromatic heterocycles. The van der Waals surface area contributed by atoms with Crippen LogP contribution >= 0.6 is 0 Å². The molecule has 1 saturated heterocycles. The van der Waals surface area contributed by atoms with Crippen LogP contribution in [-0.4, -0.2) is 42.6 Å². The topological polar surface area (TPSA) is 58.6 Å². The normalized spacial score (nSPS) is 20.0. The van der Waals surface area contributed by atoms with Crippen molar-refractivity contribution < 1.29 is 14.3 Å². The Morgan fingerprint density at radius 1 is 1.08 bits per heavy atom. The van der Waals surface area contributed by atoms with Crippen molar-refractivity contribution in [1.29, 1.82) is 0 Å². The number of carbonyl (C=O) groups excluding carboxylic acids is 2. The van der Waals surface area contributed by atoms with Crippen LogP contribution in [0.4, 0.5) is 4.79 Å². The molecule has 1 aliphatic heterocycles. The molecule has 0 bridgehead atoms. The van der Waals surface area contributed by atoms with Crippen LogP contribution < -0.4 is 5.32 Å². The van der Waals surface area contributed by atoms with E-state index in [9.17, 15) is 9.59 Å². The zero-order valence-corrected chi connectivity index (χ0v) is 15.2. The summed E-state index contributed by atoms with van der Waals surface area (Å²) in [4.78, 5) is 25.8. The molecule has 0 radical (unpaired) electrons. The Hall–Kier alpha value is -1.26. The fraction of sp³-hybridized carbons (Fsp3) is 0.895. The second-order valence-corrected chi connectivity index (χ2v) is 7.34. The van der Waals surface area contributed by atoms with Crippen LogP contribution in [0.1, 0.15) is 77.6 Å². The van der Waals surface area contributed by atoms with E-state index < -0.39 is 0 Å². The summed E-state index contributed by atoms with van der Waals surface area (Å²) in [5, 5.41) is 3.15. The molecule has 0 aromatic rings. The summed E-state index contributed by atoms with van der Waals surface area (Å²) in [5.74, 6) is 0.939. The second-order valence-electron chi connectivity index (χ2n) is 7.34. The standard InChI is InChI=1S/C19H34N2O3/c1-2-3-15-24-19(23)21-13-11-17(12-14-21)20-18(22)10-9-16-7-5-4-6-8-16/h16-17H,2-15H2,1H3,(H,20,22). The fourth-order valence-corrected chi connectivity index (χ4v) is 3.71. The van der Waals surface area contributed by atoms with Crippen molar-refractivity contribution in [2.24, 2.45) is 5.92 Å². The highest BCUT2D eigenvalue weighted by Crippen LogP contribution is 2.27. The van der Waals surface area contributed by atoms with Crippen LogP contribution in [0.15, 0.2) is 0 Å². The van der Waals surface area contributed by atoms with E-state index in [0.29, 0.717) is 26.1 Å². The van der Waals surface area contributed by atoms with Gasteiger partial charge in [-0.15, -0.1) is 0 Å². The highest BCUT2D eigenvalue weighted by atomic mass is 16.6. The average molecular weight is 338 g/mol. The van der Waals surface area contributed by atoms with Gasteiger partial charge in [-0.25, -0.2) is 4.79 Å². The van der Waals surface area contributed by atoms with E-state index in [1.807, 2.05) is 0 Å². The number of piperidine rings is 1. The van der Waals surface area contributed by atoms with E-state index in [2.05, 4.69) is 12.2 Å². The molecule has 0 aromatic carbocycles. The van der Waals surface area contributed by atoms with Gasteiger partial charge in [0, 0.05) is 25.6 Å². The van der Waals surface area contributed by atoms with Gasteiger partial charge in [0.25, 0.3) is 0 Å². The number of rotatable bonds is 7. The summed E-state index contributed by atoms with van der Waals surface area (Å²) < 4.78 is 5.24. The van der Waals surface area contributed by atoms with Gasteiger partial charge >= 0.3 is 6.09 Å². The first-order valence-electron chi connectivity index (χ1n) is 9.90. The molecule has 1 N–H and O–H groups in total. The number of likely N-dealkylation sites (tertiary alicyclic amines) is 1. The molecule has 2 amide bonds. The fourth-order valence-electron chi connectivity index (χ4n) is 3.71. The Morgan fingerprint density at radius 2 is 1.79 bits per heavy atom. The molecule has 0 atom stereocenters. The van der Waals surface area contributed by atoms with Crippen molar-refractivity contribution in [3.63, 3.8) is 0 Å². The zero-order chi connectivity index (χ0) is 17.2. The van der Waals surface area contributed by atoms with Gasteiger partial charge in [0.15, 0.2) is 0 Å². The lowest BCUT2D eigenvalue weighted by Crippen LogP contribution is -2.46. The Bertz CT molecular complexity index is 386. The lowest BCUT2D eigenvalue weighted by molar-refractivity contribution is -0.122. The highest BCUT2D eigenvalue weighted by Gasteiger charge is 2.25. The molecule has 24 heavy (non-hydrogen) atoms. The second kappa shape index (κ2) is 10.6. The number of unbranched alkanes of at least 4 members (excludes halogenated alkanes) is 1. The number of nitrogens with one attached hydrogen (secondary N) is 1. The Labute approximate surface area is 146 Å². The molecule has 138 valence electrons. The van der Waals surface area contributed by atoms with E-state index in [1.54, 1.807) is 4.90 Å². The molecule has 2 fully saturated rings. The van der Waals surface area contributed by atoms with Crippen LogP contribution in [-0.2, 0) is 9.53 Å². The van der Waals surface area contributed by atoms with E-state index in [1.165, 1.54) is 32.1 Å². The first kappa shape index (κ1) is 19.1. The highest BCUT2D eigenvalue weighted by molar-refractivity contribution is 5.76. The maximum Gasteiger partial charge on any atom is 0.409 e. The van der Waals surface area contributed by atoms with Crippen LogP contribution in [0.5, 0.6) is 0 Å². The minimum atomic E-state index is -0.203. The van der Waals surface area contributed by atoms with Crippen LogP contribution in [0.3, 0.4) is 0 Å². The Balaban J connectivity index is 1.58. The van der Waals surface area contributed by atoms with Crippen LogP contribution in [0.2, 0.25) is 0 Å². The molecular weight excluding hydrogens is 304 g/mol. The van der Waals surface area contributed by atoms with Gasteiger partial charge in [-0.1, -0.05) is 45.4 Å². The summed E-state index contributed by atoms with van der Waals surface area (Å²) in [5.41, 5.74) is 0. The quantitative estimate of drug-likeness (QED) is 0.717. The molecule has 1 saturated carbocycles. The van der Waals surface area contributed by atoms with Crippen molar-refractivity contribution in [3.8, 4) is 0 Å². The molecule has 2 aliphatic rings. The largest absolute Gasteiger partial charge is 0.449 e. The van der Waals surface area contributed by atoms with Gasteiger partial charge in [-0.05, 0) is 31.6 Å². The predicted octanol–water partition coefficient (Wildman–Crippen LogP) is 3.86. The van der Waals surface area contributed by atoms with Crippen molar-refractivity contribution in [2.45, 2.75) is 83.6 Å². The lowest BCUT2D eigenvalue weighted by atomic mass is 9.86. The molecule has 1 aliphatic carbocycles. The number of nitrogens with zero attached hydrogens (tertiary/aromatic N) is 1. The maximum atomic E-state index is 12.1. The first-order valence-corrected chi connectivity index (χ1v) is 9.90. The Morgan fingerprint density at radius 3 is 2.46 bits per heavy atom. The van der Waals surface area contributed by atoms with Gasteiger partial charge in [0.2, 0.25) is 5.91 Å². The van der Waals surface area contributed by atoms with Gasteiger partial charge in [0.05, 0.1) is 6.61 Å². The van der Waals surface area contributed by atoms with E-state index in [-0.39, 0.29) is 18.0 Å². The van der Waals surface area contributed by atoms with Crippen molar-refractivity contribution in [2.75, 3.05) is 19.7 Å². The predicted molar refractivity (Wildman–Crippen MR) is 94.8 cm³/mol. The summed E-state index contributed by atoms with van der Waals surface area (Å²) in [6, 6.07) is 0.212. The molecule has 5 heteroatoms. The summed E-state index contributed by atoms with van der Waals surface area (Å²) >= 11 is 0. The number of ether oxygens (including phenoxy) is 1. The zero-order valence-electron chi connectivity index (χ0n) is 15.2. The minimum absolute atomic E-state index is 0.185. The van der Waals surface area contributed by atoms with E-state index >= 15 is 0 Å². The average Bonchev–Trinajstić information content (AvgIpc) is 2.61. The van der Waals surface area contributed by atoms with Crippen LogP contribution in [0, 0.1) is 5.92 Å². The summed E-state index contributed by atoms with van der Waals surface area (Å²) in [6.07, 6.45) is 11.7. The summed E-state index contributed by atoms with van der Waals surface area (Å²) in [6.45, 7) is 3.94. The number of amides is 2. The smallest absolute Gasteiger partial charge is 0.409 e. The van der Waals surface area contributed by atoms with E-state index in [0.717, 1.165) is 38.0 Å². The molecule has 2 rings (SSSR count). The molecule has 5 nitrogen and oxygen atoms in total. The maximum absolute atomic E-state index is 12.1. The first-order chi connectivity index (χ1) is 11.7. The SMILES string of the molecule is CCCCOC(=O)N1CCC(NC(=O)CCC2CCCCC2)CC1. The number of hydrogen-bond donors (Lipinski definition) is 1. The number of carbonyl (C=O) groups is 2. The monoisotopic (exact) mass is 338 g/mol. The lowest BCUT2D eigenvalue weighted by Gasteiger charge is -2.32. The van der Waals surface area contributed by atoms with Gasteiger partial charge < -0.3 is 15.0 Å². The van der Waals surface area contributed by atoms with Gasteiger partial charge in [0.1, 0.15) is 0 Å². The third-order valence-corrected chi connectivity index (χ3v) is 5.35. The van der Waals surface area contributed by atoms with Crippen LogP contribution in [0.25, 0.3) is 0 Å². The molecule has 0 spiro atoms. The molecular formula is C19H34N2O3. The molecule has 0 unspecified atom stereocenters. The van der Waals surface area contributed by atoms with Crippen molar-refractivity contribution in [3.05, 3.63) is 0 Å². The minimum Gasteiger partial charge on any atom is -0.449 e. The summed E-state index contributed by atoms with van der Waals surface area (Å²) in [7, 11) is 0. The van der Waals surface area contributed by atoms with E-state index in [4.69, 9.17) is 4.74 Å².